The summed E-state index contributed by atoms with van der Waals surface area (Å²) in [5.41, 5.74) is 1.83. The van der Waals surface area contributed by atoms with Crippen molar-refractivity contribution < 1.29 is 4.74 Å². The summed E-state index contributed by atoms with van der Waals surface area (Å²) in [6, 6.07) is 17.5. The van der Waals surface area contributed by atoms with Gasteiger partial charge in [-0.05, 0) is 24.1 Å². The lowest BCUT2D eigenvalue weighted by molar-refractivity contribution is 0.306. The largest absolute Gasteiger partial charge is 0.489 e. The summed E-state index contributed by atoms with van der Waals surface area (Å²) in [5, 5.41) is 0. The fourth-order valence-electron chi connectivity index (χ4n) is 3.49. The van der Waals surface area contributed by atoms with Gasteiger partial charge in [0.2, 0.25) is 0 Å². The van der Waals surface area contributed by atoms with Crippen LogP contribution < -0.4 is 16.0 Å². The quantitative estimate of drug-likeness (QED) is 0.511. The molecular formula is C23H24N4O3. The van der Waals surface area contributed by atoms with Crippen LogP contribution in [0, 0.1) is 0 Å². The first kappa shape index (κ1) is 19.7. The molecule has 30 heavy (non-hydrogen) atoms. The lowest BCUT2D eigenvalue weighted by Crippen LogP contribution is -2.31. The molecule has 0 aliphatic heterocycles. The van der Waals surface area contributed by atoms with E-state index < -0.39 is 11.2 Å². The Bertz CT molecular complexity index is 1290. The lowest BCUT2D eigenvalue weighted by atomic mass is 10.2. The van der Waals surface area contributed by atoms with Crippen molar-refractivity contribution in [2.24, 2.45) is 7.05 Å². The highest BCUT2D eigenvalue weighted by molar-refractivity contribution is 5.77. The van der Waals surface area contributed by atoms with E-state index in [2.05, 4.69) is 16.9 Å². The van der Waals surface area contributed by atoms with Crippen molar-refractivity contribution in [2.75, 3.05) is 0 Å². The van der Waals surface area contributed by atoms with Crippen molar-refractivity contribution in [2.45, 2.75) is 32.9 Å². The molecule has 2 aromatic heterocycles. The van der Waals surface area contributed by atoms with Gasteiger partial charge in [-0.2, -0.15) is 0 Å². The Morgan fingerprint density at radius 1 is 1.07 bits per heavy atom. The van der Waals surface area contributed by atoms with E-state index in [0.29, 0.717) is 35.9 Å². The van der Waals surface area contributed by atoms with Crippen molar-refractivity contribution in [3.05, 3.63) is 81.0 Å². The molecule has 0 spiro atoms. The number of aromatic nitrogens is 4. The van der Waals surface area contributed by atoms with Gasteiger partial charge in [0.15, 0.2) is 11.2 Å². The smallest absolute Gasteiger partial charge is 0.330 e. The summed E-state index contributed by atoms with van der Waals surface area (Å²) in [7, 11) is 1.78. The lowest BCUT2D eigenvalue weighted by Gasteiger charge is -2.08. The molecule has 0 aliphatic rings. The number of hydrogen-bond donors (Lipinski definition) is 1. The van der Waals surface area contributed by atoms with E-state index in [0.717, 1.165) is 24.0 Å². The number of ether oxygens (including phenoxy) is 1. The number of hydrogen-bond acceptors (Lipinski definition) is 4. The van der Waals surface area contributed by atoms with Crippen LogP contribution in [0.2, 0.25) is 0 Å². The van der Waals surface area contributed by atoms with Crippen molar-refractivity contribution in [1.82, 2.24) is 19.1 Å². The van der Waals surface area contributed by atoms with Crippen molar-refractivity contribution in [3.63, 3.8) is 0 Å². The second-order valence-corrected chi connectivity index (χ2v) is 7.23. The molecule has 2 heterocycles. The van der Waals surface area contributed by atoms with Crippen molar-refractivity contribution >= 4 is 11.2 Å². The predicted octanol–water partition coefficient (Wildman–Crippen LogP) is 3.47. The molecule has 154 valence electrons. The third-order valence-electron chi connectivity index (χ3n) is 5.09. The molecule has 4 aromatic rings. The van der Waals surface area contributed by atoms with Crippen molar-refractivity contribution in [3.8, 4) is 17.1 Å². The van der Waals surface area contributed by atoms with Crippen molar-refractivity contribution in [1.29, 1.82) is 0 Å². The highest BCUT2D eigenvalue weighted by atomic mass is 16.5. The monoisotopic (exact) mass is 404 g/mol. The Kier molecular flexibility index (Phi) is 5.52. The molecule has 4 rings (SSSR count). The Morgan fingerprint density at radius 2 is 1.87 bits per heavy atom. The third-order valence-corrected chi connectivity index (χ3v) is 5.09. The number of aromatic amines is 1. The summed E-state index contributed by atoms with van der Waals surface area (Å²) in [6.07, 6.45) is 1.77. The van der Waals surface area contributed by atoms with Crippen LogP contribution in [0.3, 0.4) is 0 Å². The number of aryl methyl sites for hydroxylation is 2. The minimum absolute atomic E-state index is 0.385. The van der Waals surface area contributed by atoms with Crippen LogP contribution in [0.15, 0.2) is 64.2 Å². The molecule has 0 saturated carbocycles. The first-order chi connectivity index (χ1) is 14.6. The van der Waals surface area contributed by atoms with Gasteiger partial charge in [-0.15, -0.1) is 0 Å². The fraction of sp³-hybridized carbons (Fsp3) is 0.261. The van der Waals surface area contributed by atoms with Gasteiger partial charge in [0, 0.05) is 19.2 Å². The van der Waals surface area contributed by atoms with Gasteiger partial charge in [0.25, 0.3) is 5.56 Å². The highest BCUT2D eigenvalue weighted by Crippen LogP contribution is 2.25. The number of nitrogens with zero attached hydrogens (tertiary/aromatic N) is 3. The highest BCUT2D eigenvalue weighted by Gasteiger charge is 2.17. The van der Waals surface area contributed by atoms with Crippen LogP contribution in [-0.2, 0) is 20.2 Å². The molecular weight excluding hydrogens is 380 g/mol. The first-order valence-electron chi connectivity index (χ1n) is 10.0. The summed E-state index contributed by atoms with van der Waals surface area (Å²) in [5.74, 6) is 1.32. The van der Waals surface area contributed by atoms with E-state index in [4.69, 9.17) is 4.74 Å². The number of fused-ring (bicyclic) bond motifs is 1. The Labute approximate surface area is 173 Å². The van der Waals surface area contributed by atoms with E-state index in [1.54, 1.807) is 16.2 Å². The maximum Gasteiger partial charge on any atom is 0.330 e. The second-order valence-electron chi connectivity index (χ2n) is 7.23. The molecule has 7 heteroatoms. The average molecular weight is 404 g/mol. The molecule has 1 N–H and O–H groups in total. The minimum atomic E-state index is -0.430. The van der Waals surface area contributed by atoms with Gasteiger partial charge in [-0.3, -0.25) is 14.3 Å². The van der Waals surface area contributed by atoms with Crippen LogP contribution >= 0.6 is 0 Å². The zero-order valence-corrected chi connectivity index (χ0v) is 17.1. The molecule has 0 unspecified atom stereocenters. The first-order valence-corrected chi connectivity index (χ1v) is 10.0. The number of imidazole rings is 1. The molecule has 0 radical (unpaired) electrons. The molecule has 7 nitrogen and oxygen atoms in total. The average Bonchev–Trinajstić information content (AvgIpc) is 3.10. The van der Waals surface area contributed by atoms with Crippen LogP contribution in [-0.4, -0.2) is 19.1 Å². The number of rotatable bonds is 7. The molecule has 0 atom stereocenters. The molecule has 0 fully saturated rings. The number of benzene rings is 2. The third kappa shape index (κ3) is 3.78. The normalized spacial score (nSPS) is 11.1. The maximum atomic E-state index is 12.5. The Hall–Kier alpha value is -3.61. The minimum Gasteiger partial charge on any atom is -0.489 e. The molecule has 2 aromatic carbocycles. The standard InChI is InChI=1S/C23H24N4O3/c1-3-4-13-27-21-19(22(28)25-23(27)29)26(2)20(24-21)17-11-8-12-18(14-17)30-15-16-9-6-5-7-10-16/h5-12,14H,3-4,13,15H2,1-2H3,(H,25,28,29). The SMILES string of the molecule is CCCCn1c(=O)[nH]c(=O)c2c1nc(-c1cccc(OCc3ccccc3)c1)n2C. The van der Waals surface area contributed by atoms with E-state index in [-0.39, 0.29) is 0 Å². The van der Waals surface area contributed by atoms with Gasteiger partial charge in [0.1, 0.15) is 18.2 Å². The van der Waals surface area contributed by atoms with Gasteiger partial charge in [0.05, 0.1) is 0 Å². The van der Waals surface area contributed by atoms with Gasteiger partial charge in [-0.25, -0.2) is 9.78 Å². The molecule has 0 amide bonds. The fourth-order valence-corrected chi connectivity index (χ4v) is 3.49. The number of nitrogens with one attached hydrogen (secondary N) is 1. The number of H-pyrrole nitrogens is 1. The maximum absolute atomic E-state index is 12.5. The Balaban J connectivity index is 1.73. The van der Waals surface area contributed by atoms with Gasteiger partial charge >= 0.3 is 5.69 Å². The summed E-state index contributed by atoms with van der Waals surface area (Å²) in [4.78, 5) is 31.9. The summed E-state index contributed by atoms with van der Waals surface area (Å²) < 4.78 is 9.20. The van der Waals surface area contributed by atoms with Crippen LogP contribution in [0.4, 0.5) is 0 Å². The molecule has 0 aliphatic carbocycles. The number of unbranched alkanes of at least 4 members (excludes halogenated alkanes) is 1. The Morgan fingerprint density at radius 3 is 2.63 bits per heavy atom. The predicted molar refractivity (Wildman–Crippen MR) is 117 cm³/mol. The summed E-state index contributed by atoms with van der Waals surface area (Å²) >= 11 is 0. The van der Waals surface area contributed by atoms with E-state index in [1.807, 2.05) is 54.6 Å². The molecule has 0 saturated heterocycles. The topological polar surface area (TPSA) is 81.9 Å². The van der Waals surface area contributed by atoms with Gasteiger partial charge in [-0.1, -0.05) is 55.8 Å². The zero-order valence-electron chi connectivity index (χ0n) is 17.1. The zero-order chi connectivity index (χ0) is 21.1. The van der Waals surface area contributed by atoms with E-state index in [9.17, 15) is 9.59 Å². The van der Waals surface area contributed by atoms with Crippen LogP contribution in [0.25, 0.3) is 22.6 Å². The molecule has 0 bridgehead atoms. The second kappa shape index (κ2) is 8.41. The van der Waals surface area contributed by atoms with Crippen LogP contribution in [0.5, 0.6) is 5.75 Å². The van der Waals surface area contributed by atoms with Gasteiger partial charge < -0.3 is 9.30 Å². The van der Waals surface area contributed by atoms with Crippen LogP contribution in [0.1, 0.15) is 25.3 Å². The summed E-state index contributed by atoms with van der Waals surface area (Å²) in [6.45, 7) is 3.03. The van der Waals surface area contributed by atoms with E-state index >= 15 is 0 Å². The van der Waals surface area contributed by atoms with E-state index in [1.165, 1.54) is 0 Å².